The Balaban J connectivity index is 1.42. The fourth-order valence-electron chi connectivity index (χ4n) is 6.08. The molecule has 118 valence electrons. The number of urea groups is 1. The van der Waals surface area contributed by atoms with Crippen molar-refractivity contribution in [1.29, 1.82) is 0 Å². The topological polar surface area (TPSA) is 32.3 Å². The number of rotatable bonds is 2. The fraction of sp³-hybridized carbons (Fsp3) is 0.944. The summed E-state index contributed by atoms with van der Waals surface area (Å²) in [5.41, 5.74) is 0. The molecule has 0 spiro atoms. The molecule has 1 aliphatic heterocycles. The van der Waals surface area contributed by atoms with Crippen LogP contribution in [0.1, 0.15) is 64.7 Å². The largest absolute Gasteiger partial charge is 0.335 e. The van der Waals surface area contributed by atoms with Crippen molar-refractivity contribution in [3.05, 3.63) is 0 Å². The highest BCUT2D eigenvalue weighted by Gasteiger charge is 2.49. The quantitative estimate of drug-likeness (QED) is 0.824. The predicted octanol–water partition coefficient (Wildman–Crippen LogP) is 3.79. The normalized spacial score (nSPS) is 44.9. The van der Waals surface area contributed by atoms with Gasteiger partial charge < -0.3 is 10.2 Å². The average Bonchev–Trinajstić information content (AvgIpc) is 2.50. The van der Waals surface area contributed by atoms with Crippen molar-refractivity contribution in [1.82, 2.24) is 10.2 Å². The third-order valence-electron chi connectivity index (χ3n) is 6.88. The fourth-order valence-corrected chi connectivity index (χ4v) is 6.08. The van der Waals surface area contributed by atoms with E-state index in [2.05, 4.69) is 17.1 Å². The summed E-state index contributed by atoms with van der Waals surface area (Å²) in [6.45, 7) is 3.19. The maximum absolute atomic E-state index is 12.8. The van der Waals surface area contributed by atoms with Crippen LogP contribution in [0.2, 0.25) is 0 Å². The maximum Gasteiger partial charge on any atom is 0.317 e. The lowest BCUT2D eigenvalue weighted by molar-refractivity contribution is -0.0120. The second kappa shape index (κ2) is 5.48. The van der Waals surface area contributed by atoms with Crippen LogP contribution in [0.15, 0.2) is 0 Å². The van der Waals surface area contributed by atoms with Crippen molar-refractivity contribution in [3.8, 4) is 0 Å². The van der Waals surface area contributed by atoms with Gasteiger partial charge in [0.05, 0.1) is 0 Å². The Hall–Kier alpha value is -0.730. The van der Waals surface area contributed by atoms with Crippen molar-refractivity contribution in [2.45, 2.75) is 76.8 Å². The van der Waals surface area contributed by atoms with Crippen LogP contribution in [-0.2, 0) is 0 Å². The Kier molecular flexibility index (Phi) is 3.63. The predicted molar refractivity (Wildman–Crippen MR) is 84.0 cm³/mol. The molecule has 3 nitrogen and oxygen atoms in total. The zero-order valence-electron chi connectivity index (χ0n) is 13.4. The average molecular weight is 290 g/mol. The molecule has 1 unspecified atom stereocenters. The first kappa shape index (κ1) is 13.9. The van der Waals surface area contributed by atoms with Gasteiger partial charge in [0.15, 0.2) is 0 Å². The van der Waals surface area contributed by atoms with Crippen LogP contribution in [-0.4, -0.2) is 29.6 Å². The van der Waals surface area contributed by atoms with Crippen molar-refractivity contribution in [2.75, 3.05) is 6.54 Å². The Morgan fingerprint density at radius 3 is 2.33 bits per heavy atom. The molecule has 0 aromatic heterocycles. The Bertz CT molecular complexity index is 380. The Labute approximate surface area is 128 Å². The number of carbonyl (C=O) groups is 1. The van der Waals surface area contributed by atoms with E-state index in [9.17, 15) is 4.79 Å². The van der Waals surface area contributed by atoms with Crippen LogP contribution < -0.4 is 5.32 Å². The van der Waals surface area contributed by atoms with Gasteiger partial charge >= 0.3 is 6.03 Å². The number of hydrogen-bond acceptors (Lipinski definition) is 1. The Morgan fingerprint density at radius 2 is 1.71 bits per heavy atom. The SMILES string of the molecule is CCC1CCCCN1C(=O)NC1C2CC3CC(C2)CC1C3. The summed E-state index contributed by atoms with van der Waals surface area (Å²) in [6, 6.07) is 1.22. The van der Waals surface area contributed by atoms with Gasteiger partial charge in [0.2, 0.25) is 0 Å². The van der Waals surface area contributed by atoms with Gasteiger partial charge in [-0.05, 0) is 81.5 Å². The standard InChI is InChI=1S/C18H30N2O/c1-2-16-5-3-4-6-20(16)18(21)19-17-14-8-12-7-13(10-14)11-15(17)9-12/h12-17H,2-11H2,1H3,(H,19,21). The lowest BCUT2D eigenvalue weighted by atomic mass is 9.54. The van der Waals surface area contributed by atoms with Crippen molar-refractivity contribution < 1.29 is 4.79 Å². The first-order valence-electron chi connectivity index (χ1n) is 9.31. The number of nitrogens with one attached hydrogen (secondary N) is 1. The molecule has 21 heavy (non-hydrogen) atoms. The molecule has 3 heteroatoms. The highest BCUT2D eigenvalue weighted by atomic mass is 16.2. The summed E-state index contributed by atoms with van der Waals surface area (Å²) in [7, 11) is 0. The van der Waals surface area contributed by atoms with Gasteiger partial charge in [-0.1, -0.05) is 6.92 Å². The molecule has 2 amide bonds. The number of carbonyl (C=O) groups excluding carboxylic acids is 1. The molecular weight excluding hydrogens is 260 g/mol. The van der Waals surface area contributed by atoms with E-state index >= 15 is 0 Å². The molecule has 1 N–H and O–H groups in total. The van der Waals surface area contributed by atoms with E-state index in [0.717, 1.165) is 36.6 Å². The summed E-state index contributed by atoms with van der Waals surface area (Å²) >= 11 is 0. The molecule has 0 radical (unpaired) electrons. The van der Waals surface area contributed by atoms with E-state index in [1.165, 1.54) is 51.4 Å². The minimum Gasteiger partial charge on any atom is -0.335 e. The van der Waals surface area contributed by atoms with Gasteiger partial charge in [-0.15, -0.1) is 0 Å². The molecule has 0 aromatic carbocycles. The highest BCUT2D eigenvalue weighted by molar-refractivity contribution is 5.75. The van der Waals surface area contributed by atoms with Crippen LogP contribution in [0.4, 0.5) is 4.79 Å². The van der Waals surface area contributed by atoms with Gasteiger partial charge in [-0.3, -0.25) is 0 Å². The number of nitrogens with zero attached hydrogens (tertiary/aromatic N) is 1. The monoisotopic (exact) mass is 290 g/mol. The molecule has 1 saturated heterocycles. The molecule has 5 rings (SSSR count). The molecule has 1 heterocycles. The maximum atomic E-state index is 12.8. The minimum atomic E-state index is 0.249. The zero-order chi connectivity index (χ0) is 14.4. The van der Waals surface area contributed by atoms with Gasteiger partial charge in [0.1, 0.15) is 0 Å². The lowest BCUT2D eigenvalue weighted by Gasteiger charge is -2.54. The smallest absolute Gasteiger partial charge is 0.317 e. The molecule has 4 bridgehead atoms. The second-order valence-corrected chi connectivity index (χ2v) is 8.16. The van der Waals surface area contributed by atoms with Crippen LogP contribution in [0, 0.1) is 23.7 Å². The van der Waals surface area contributed by atoms with Gasteiger partial charge in [0, 0.05) is 18.6 Å². The first-order valence-corrected chi connectivity index (χ1v) is 9.31. The number of amides is 2. The number of likely N-dealkylation sites (tertiary alicyclic amines) is 1. The molecule has 5 fully saturated rings. The van der Waals surface area contributed by atoms with E-state index in [4.69, 9.17) is 0 Å². The number of piperidine rings is 1. The summed E-state index contributed by atoms with van der Waals surface area (Å²) in [5, 5.41) is 3.48. The van der Waals surface area contributed by atoms with Gasteiger partial charge in [-0.2, -0.15) is 0 Å². The summed E-state index contributed by atoms with van der Waals surface area (Å²) in [5.74, 6) is 3.54. The van der Waals surface area contributed by atoms with E-state index in [1.807, 2.05) is 0 Å². The van der Waals surface area contributed by atoms with Gasteiger partial charge in [0.25, 0.3) is 0 Å². The summed E-state index contributed by atoms with van der Waals surface area (Å²) < 4.78 is 0. The third-order valence-corrected chi connectivity index (χ3v) is 6.88. The van der Waals surface area contributed by atoms with Gasteiger partial charge in [-0.25, -0.2) is 4.79 Å². The van der Waals surface area contributed by atoms with Crippen molar-refractivity contribution in [3.63, 3.8) is 0 Å². The van der Waals surface area contributed by atoms with Crippen molar-refractivity contribution in [2.24, 2.45) is 23.7 Å². The van der Waals surface area contributed by atoms with Crippen LogP contribution in [0.5, 0.6) is 0 Å². The zero-order valence-corrected chi connectivity index (χ0v) is 13.4. The summed E-state index contributed by atoms with van der Waals surface area (Å²) in [6.07, 6.45) is 11.8. The number of hydrogen-bond donors (Lipinski definition) is 1. The van der Waals surface area contributed by atoms with E-state index in [-0.39, 0.29) is 6.03 Å². The van der Waals surface area contributed by atoms with E-state index in [1.54, 1.807) is 0 Å². The molecule has 0 aromatic rings. The molecular formula is C18H30N2O. The lowest BCUT2D eigenvalue weighted by Crippen LogP contribution is -2.59. The third kappa shape index (κ3) is 2.47. The second-order valence-electron chi connectivity index (χ2n) is 8.16. The van der Waals surface area contributed by atoms with E-state index < -0.39 is 0 Å². The molecule has 1 atom stereocenters. The van der Waals surface area contributed by atoms with Crippen LogP contribution >= 0.6 is 0 Å². The van der Waals surface area contributed by atoms with Crippen LogP contribution in [0.25, 0.3) is 0 Å². The van der Waals surface area contributed by atoms with Crippen molar-refractivity contribution >= 4 is 6.03 Å². The molecule has 4 aliphatic carbocycles. The Morgan fingerprint density at radius 1 is 1.05 bits per heavy atom. The molecule has 5 aliphatic rings. The molecule has 4 saturated carbocycles. The summed E-state index contributed by atoms with van der Waals surface area (Å²) in [4.78, 5) is 14.9. The first-order chi connectivity index (χ1) is 10.2. The minimum absolute atomic E-state index is 0.249. The van der Waals surface area contributed by atoms with Crippen LogP contribution in [0.3, 0.4) is 0 Å². The highest BCUT2D eigenvalue weighted by Crippen LogP contribution is 2.53. The van der Waals surface area contributed by atoms with E-state index in [0.29, 0.717) is 12.1 Å².